The summed E-state index contributed by atoms with van der Waals surface area (Å²) in [4.78, 5) is 43.9. The van der Waals surface area contributed by atoms with Crippen LogP contribution in [0.2, 0.25) is 5.82 Å². The Kier molecular flexibility index (Phi) is 10.4. The number of rotatable bonds is 5. The number of cyclic esters (lactones) is 1. The molecule has 0 saturated carbocycles. The summed E-state index contributed by atoms with van der Waals surface area (Å²) in [6, 6.07) is 9.09. The molecule has 2 fully saturated rings. The molecule has 1 aromatic carbocycles. The van der Waals surface area contributed by atoms with Crippen LogP contribution in [-0.2, 0) is 23.8 Å². The van der Waals surface area contributed by atoms with E-state index in [0.29, 0.717) is 13.0 Å². The van der Waals surface area contributed by atoms with Gasteiger partial charge in [-0.25, -0.2) is 14.0 Å². The van der Waals surface area contributed by atoms with Crippen molar-refractivity contribution < 1.29 is 33.0 Å². The van der Waals surface area contributed by atoms with E-state index in [1.807, 2.05) is 58.1 Å². The van der Waals surface area contributed by atoms with E-state index >= 15 is 4.39 Å². The highest BCUT2D eigenvalue weighted by atomic mass is 19.1. The number of hydrogen-bond acceptors (Lipinski definition) is 8. The molecule has 0 spiro atoms. The van der Waals surface area contributed by atoms with Crippen LogP contribution in [0.4, 0.5) is 9.18 Å². The second-order valence-electron chi connectivity index (χ2n) is 13.4. The van der Waals surface area contributed by atoms with Crippen LogP contribution >= 0.6 is 0 Å². The zero-order chi connectivity index (χ0) is 33.2. The number of hydrogen-bond donors (Lipinski definition) is 2. The fourth-order valence-electron chi connectivity index (χ4n) is 6.83. The second-order valence-corrected chi connectivity index (χ2v) is 13.4. The lowest BCUT2D eigenvalue weighted by Crippen LogP contribution is -2.60. The smallest absolute Gasteiger partial charge is 0.408 e. The van der Waals surface area contributed by atoms with Crippen LogP contribution in [0.25, 0.3) is 17.0 Å². The highest BCUT2D eigenvalue weighted by molar-refractivity contribution is 6.17. The predicted molar refractivity (Wildman–Crippen MR) is 174 cm³/mol. The minimum atomic E-state index is -2.91. The Morgan fingerprint density at radius 3 is 2.58 bits per heavy atom. The number of para-hydroxylation sites is 1. The van der Waals surface area contributed by atoms with Gasteiger partial charge in [0, 0.05) is 23.5 Å². The van der Waals surface area contributed by atoms with Gasteiger partial charge in [-0.05, 0) is 76.5 Å². The second kappa shape index (κ2) is 13.6. The van der Waals surface area contributed by atoms with Crippen LogP contribution < -0.4 is 10.6 Å². The summed E-state index contributed by atoms with van der Waals surface area (Å²) >= 11 is 0. The van der Waals surface area contributed by atoms with Gasteiger partial charge in [-0.15, -0.1) is 0 Å². The summed E-state index contributed by atoms with van der Waals surface area (Å²) < 4.78 is 34.0. The van der Waals surface area contributed by atoms with Crippen molar-refractivity contribution in [2.45, 2.75) is 102 Å². The Balaban J connectivity index is 1.61. The number of carbonyl (C=O) groups excluding carboxylic acids is 3. The Labute approximate surface area is 266 Å². The Hall–Kier alpha value is -3.31. The summed E-state index contributed by atoms with van der Waals surface area (Å²) in [5.41, 5.74) is -3.20. The minimum absolute atomic E-state index is 0.0712. The van der Waals surface area contributed by atoms with E-state index in [1.165, 1.54) is 0 Å². The summed E-state index contributed by atoms with van der Waals surface area (Å²) in [5.74, 6) is -3.42. The quantitative estimate of drug-likeness (QED) is 0.283. The standard InChI is InChI=1S/C34H47BFN3O6/c1-8-26-34(7)28(39-31(42)45-34)22(4)37-18-20(2)17-32(5,27(35)21(3)29(40)33(6,36)30(41)44-26)43-15-11-12-23-16-24-13-9-10-14-25(24)38-19-23/h9-14,16,19-22,26-28,37H,8,15,17-18,35H2,1-7H3,(H,39,42)/b12-11+/t20-,21-,22-,26-,27-,28-,32-,33+,34-/m1/s1. The summed E-state index contributed by atoms with van der Waals surface area (Å²) in [6.45, 7) is 12.8. The number of halogens is 1. The molecule has 11 heteroatoms. The lowest BCUT2D eigenvalue weighted by molar-refractivity contribution is -0.179. The number of esters is 1. The van der Waals surface area contributed by atoms with Gasteiger partial charge >= 0.3 is 12.1 Å². The summed E-state index contributed by atoms with van der Waals surface area (Å²) in [6.07, 6.45) is 4.82. The maximum Gasteiger partial charge on any atom is 0.408 e. The van der Waals surface area contributed by atoms with E-state index in [4.69, 9.17) is 14.2 Å². The van der Waals surface area contributed by atoms with E-state index in [-0.39, 0.29) is 25.0 Å². The molecule has 2 aliphatic rings. The van der Waals surface area contributed by atoms with Crippen molar-refractivity contribution in [3.05, 3.63) is 48.2 Å². The fourth-order valence-corrected chi connectivity index (χ4v) is 6.83. The van der Waals surface area contributed by atoms with E-state index < -0.39 is 58.6 Å². The van der Waals surface area contributed by atoms with Crippen LogP contribution in [0.1, 0.15) is 66.9 Å². The molecule has 9 atom stereocenters. The highest BCUT2D eigenvalue weighted by Crippen LogP contribution is 2.40. The van der Waals surface area contributed by atoms with Crippen LogP contribution in [0.3, 0.4) is 0 Å². The third-order valence-electron chi connectivity index (χ3n) is 9.91. The molecular weight excluding hydrogens is 576 g/mol. The van der Waals surface area contributed by atoms with Crippen molar-refractivity contribution in [2.75, 3.05) is 13.2 Å². The van der Waals surface area contributed by atoms with Crippen molar-refractivity contribution in [1.82, 2.24) is 15.6 Å². The van der Waals surface area contributed by atoms with Crippen LogP contribution in [0, 0.1) is 11.8 Å². The molecule has 2 aromatic rings. The molecule has 244 valence electrons. The van der Waals surface area contributed by atoms with Crippen LogP contribution in [0.15, 0.2) is 42.6 Å². The van der Waals surface area contributed by atoms with Crippen molar-refractivity contribution in [3.8, 4) is 0 Å². The lowest BCUT2D eigenvalue weighted by Gasteiger charge is -2.41. The third-order valence-corrected chi connectivity index (χ3v) is 9.91. The third kappa shape index (κ3) is 7.25. The van der Waals surface area contributed by atoms with Crippen LogP contribution in [0.5, 0.6) is 0 Å². The minimum Gasteiger partial charge on any atom is -0.455 e. The number of ketones is 1. The molecule has 1 amide bonds. The molecule has 4 rings (SSSR count). The molecule has 3 heterocycles. The largest absolute Gasteiger partial charge is 0.455 e. The number of alkyl halides is 1. The van der Waals surface area contributed by atoms with Crippen molar-refractivity contribution >= 4 is 42.7 Å². The van der Waals surface area contributed by atoms with Gasteiger partial charge < -0.3 is 24.8 Å². The Bertz CT molecular complexity index is 1440. The number of Topliss-reactive ketones (excluding diaryl/α,β-unsaturated/α-hetero) is 1. The van der Waals surface area contributed by atoms with E-state index in [2.05, 4.69) is 28.6 Å². The number of nitrogens with zero attached hydrogens (tertiary/aromatic N) is 1. The van der Waals surface area contributed by atoms with Crippen molar-refractivity contribution in [2.24, 2.45) is 11.8 Å². The first-order valence-corrected chi connectivity index (χ1v) is 15.9. The van der Waals surface area contributed by atoms with Gasteiger partial charge in [-0.3, -0.25) is 9.78 Å². The summed E-state index contributed by atoms with van der Waals surface area (Å²) in [7, 11) is 1.87. The first kappa shape index (κ1) is 34.6. The normalized spacial score (nSPS) is 36.9. The number of benzene rings is 1. The zero-order valence-electron chi connectivity index (χ0n) is 27.7. The highest BCUT2D eigenvalue weighted by Gasteiger charge is 2.57. The van der Waals surface area contributed by atoms with Gasteiger partial charge in [0.2, 0.25) is 0 Å². The number of carbonyl (C=O) groups is 3. The molecule has 2 N–H and O–H groups in total. The van der Waals surface area contributed by atoms with Crippen molar-refractivity contribution in [1.29, 1.82) is 0 Å². The summed E-state index contributed by atoms with van der Waals surface area (Å²) in [5, 5.41) is 7.39. The molecule has 0 unspecified atom stereocenters. The number of pyridine rings is 1. The molecule has 9 nitrogen and oxygen atoms in total. The van der Waals surface area contributed by atoms with Gasteiger partial charge in [0.1, 0.15) is 14.0 Å². The number of alkyl carbamates (subject to hydrolysis) is 1. The first-order chi connectivity index (χ1) is 21.1. The molecule has 45 heavy (non-hydrogen) atoms. The van der Waals surface area contributed by atoms with Gasteiger partial charge in [0.15, 0.2) is 11.4 Å². The molecule has 2 saturated heterocycles. The van der Waals surface area contributed by atoms with Crippen molar-refractivity contribution in [3.63, 3.8) is 0 Å². The molecule has 1 aromatic heterocycles. The van der Waals surface area contributed by atoms with E-state index in [1.54, 1.807) is 27.0 Å². The fraction of sp³-hybridized carbons (Fsp3) is 0.588. The van der Waals surface area contributed by atoms with E-state index in [0.717, 1.165) is 23.4 Å². The van der Waals surface area contributed by atoms with Crippen LogP contribution in [-0.4, -0.2) is 78.9 Å². The van der Waals surface area contributed by atoms with Gasteiger partial charge in [0.25, 0.3) is 5.67 Å². The Morgan fingerprint density at radius 2 is 1.87 bits per heavy atom. The number of aromatic nitrogens is 1. The van der Waals surface area contributed by atoms with Gasteiger partial charge in [-0.2, -0.15) is 0 Å². The average molecular weight is 624 g/mol. The van der Waals surface area contributed by atoms with Gasteiger partial charge in [-0.1, -0.05) is 51.1 Å². The SMILES string of the molecule is B[C@@H]1[C@@H](C)C(=O)[C@](C)(F)C(=O)O[C@H](CC)[C@@]2(C)OC(=O)N[C@@H]2[C@@H](C)NC[C@H](C)C[C@@]1(C)OC/C=C/c1cnc2ccccc2c1. The molecule has 0 bridgehead atoms. The Morgan fingerprint density at radius 1 is 1.16 bits per heavy atom. The number of nitrogens with one attached hydrogen (secondary N) is 2. The monoisotopic (exact) mass is 623 g/mol. The molecule has 2 aliphatic heterocycles. The molecule has 0 radical (unpaired) electrons. The van der Waals surface area contributed by atoms with Gasteiger partial charge in [0.05, 0.1) is 23.8 Å². The maximum absolute atomic E-state index is 16.2. The van der Waals surface area contributed by atoms with E-state index in [9.17, 15) is 14.4 Å². The predicted octanol–water partition coefficient (Wildman–Crippen LogP) is 4.59. The lowest BCUT2D eigenvalue weighted by atomic mass is 9.62. The number of amides is 1. The number of ether oxygens (including phenoxy) is 3. The average Bonchev–Trinajstić information content (AvgIpc) is 3.33. The first-order valence-electron chi connectivity index (χ1n) is 15.9. The maximum atomic E-state index is 16.2. The molecule has 0 aliphatic carbocycles. The topological polar surface area (TPSA) is 116 Å². The molecular formula is C34H47BFN3O6. The zero-order valence-corrected chi connectivity index (χ0v) is 27.7. The number of fused-ring (bicyclic) bond motifs is 2.